The number of methoxy groups -OCH3 is 2. The molecule has 2 aromatic carbocycles. The van der Waals surface area contributed by atoms with Gasteiger partial charge < -0.3 is 14.8 Å². The van der Waals surface area contributed by atoms with Crippen molar-refractivity contribution in [3.8, 4) is 11.5 Å². The molecule has 0 saturated heterocycles. The Morgan fingerprint density at radius 2 is 1.83 bits per heavy atom. The normalized spacial score (nSPS) is 12.0. The molecule has 0 aliphatic heterocycles. The first kappa shape index (κ1) is 17.8. The molecule has 1 atom stereocenters. The molecule has 0 aliphatic rings. The monoisotopic (exact) mass is 377 g/mol. The second-order valence-corrected chi connectivity index (χ2v) is 6.52. The van der Waals surface area contributed by atoms with E-state index in [0.29, 0.717) is 6.04 Å². The average Bonchev–Trinajstić information content (AvgIpc) is 2.58. The van der Waals surface area contributed by atoms with Crippen molar-refractivity contribution in [2.75, 3.05) is 14.2 Å². The zero-order chi connectivity index (χ0) is 16.7. The fourth-order valence-corrected chi connectivity index (χ4v) is 3.04. The Morgan fingerprint density at radius 3 is 2.48 bits per heavy atom. The molecule has 0 saturated carbocycles. The second-order valence-electron chi connectivity index (χ2n) is 5.61. The molecule has 0 aliphatic carbocycles. The molecule has 0 radical (unpaired) electrons. The van der Waals surface area contributed by atoms with Gasteiger partial charge in [-0.25, -0.2) is 0 Å². The highest BCUT2D eigenvalue weighted by molar-refractivity contribution is 9.10. The third kappa shape index (κ3) is 5.26. The quantitative estimate of drug-likeness (QED) is 0.730. The molecule has 1 N–H and O–H groups in total. The Hall–Kier alpha value is -1.52. The smallest absolute Gasteiger partial charge is 0.165 e. The fraction of sp³-hybridized carbons (Fsp3) is 0.368. The van der Waals surface area contributed by atoms with Gasteiger partial charge in [-0.3, -0.25) is 0 Å². The van der Waals surface area contributed by atoms with Gasteiger partial charge in [-0.2, -0.15) is 0 Å². The van der Waals surface area contributed by atoms with Gasteiger partial charge in [0.25, 0.3) is 0 Å². The minimum absolute atomic E-state index is 0.421. The Labute approximate surface area is 147 Å². The summed E-state index contributed by atoms with van der Waals surface area (Å²) < 4.78 is 11.9. The van der Waals surface area contributed by atoms with E-state index < -0.39 is 0 Å². The van der Waals surface area contributed by atoms with Crippen molar-refractivity contribution >= 4 is 15.9 Å². The summed E-state index contributed by atoms with van der Waals surface area (Å²) in [7, 11) is 3.33. The maximum Gasteiger partial charge on any atom is 0.165 e. The SMILES string of the molecule is COc1cc(Br)cc(CNC(C)CCc2ccccc2)c1OC. The lowest BCUT2D eigenvalue weighted by Gasteiger charge is -2.17. The molecule has 3 nitrogen and oxygen atoms in total. The number of benzene rings is 2. The summed E-state index contributed by atoms with van der Waals surface area (Å²) in [5.74, 6) is 1.54. The molecule has 4 heteroatoms. The summed E-state index contributed by atoms with van der Waals surface area (Å²) >= 11 is 3.52. The Balaban J connectivity index is 1.93. The molecule has 124 valence electrons. The summed E-state index contributed by atoms with van der Waals surface area (Å²) in [6, 6.07) is 15.0. The lowest BCUT2D eigenvalue weighted by molar-refractivity contribution is 0.349. The van der Waals surface area contributed by atoms with E-state index in [2.05, 4.69) is 64.6 Å². The van der Waals surface area contributed by atoms with Crippen LogP contribution in [0.3, 0.4) is 0 Å². The molecular weight excluding hydrogens is 354 g/mol. The van der Waals surface area contributed by atoms with E-state index in [1.807, 2.05) is 6.07 Å². The molecule has 0 spiro atoms. The van der Waals surface area contributed by atoms with Crippen LogP contribution in [0.15, 0.2) is 46.9 Å². The number of ether oxygens (including phenoxy) is 2. The summed E-state index contributed by atoms with van der Waals surface area (Å²) in [5.41, 5.74) is 2.47. The fourth-order valence-electron chi connectivity index (χ4n) is 2.55. The highest BCUT2D eigenvalue weighted by Gasteiger charge is 2.12. The van der Waals surface area contributed by atoms with Crippen LogP contribution in [0.4, 0.5) is 0 Å². The molecule has 0 amide bonds. The highest BCUT2D eigenvalue weighted by Crippen LogP contribution is 2.34. The minimum atomic E-state index is 0.421. The van der Waals surface area contributed by atoms with Crippen LogP contribution < -0.4 is 14.8 Å². The summed E-state index contributed by atoms with van der Waals surface area (Å²) in [6.07, 6.45) is 2.17. The first-order valence-electron chi connectivity index (χ1n) is 7.81. The molecular formula is C19H24BrNO2. The van der Waals surface area contributed by atoms with Crippen molar-refractivity contribution in [2.24, 2.45) is 0 Å². The number of halogens is 1. The van der Waals surface area contributed by atoms with E-state index in [1.54, 1.807) is 14.2 Å². The van der Waals surface area contributed by atoms with Crippen molar-refractivity contribution in [2.45, 2.75) is 32.4 Å². The second kappa shape index (κ2) is 8.94. The average molecular weight is 378 g/mol. The van der Waals surface area contributed by atoms with E-state index in [9.17, 15) is 0 Å². The Kier molecular flexibility index (Phi) is 6.93. The van der Waals surface area contributed by atoms with Gasteiger partial charge in [-0.15, -0.1) is 0 Å². The predicted molar refractivity (Wildman–Crippen MR) is 98.3 cm³/mol. The maximum absolute atomic E-state index is 5.50. The van der Waals surface area contributed by atoms with Gasteiger partial charge in [0.1, 0.15) is 0 Å². The molecule has 0 bridgehead atoms. The number of hydrogen-bond donors (Lipinski definition) is 1. The number of nitrogens with one attached hydrogen (secondary N) is 1. The van der Waals surface area contributed by atoms with E-state index in [-0.39, 0.29) is 0 Å². The van der Waals surface area contributed by atoms with Crippen molar-refractivity contribution in [1.82, 2.24) is 5.32 Å². The van der Waals surface area contributed by atoms with Crippen LogP contribution in [0.1, 0.15) is 24.5 Å². The summed E-state index contributed by atoms with van der Waals surface area (Å²) in [5, 5.41) is 3.57. The molecule has 1 unspecified atom stereocenters. The maximum atomic E-state index is 5.50. The lowest BCUT2D eigenvalue weighted by Crippen LogP contribution is -2.26. The van der Waals surface area contributed by atoms with Crippen LogP contribution >= 0.6 is 15.9 Å². The van der Waals surface area contributed by atoms with Gasteiger partial charge in [-0.1, -0.05) is 46.3 Å². The van der Waals surface area contributed by atoms with Crippen molar-refractivity contribution in [3.63, 3.8) is 0 Å². The van der Waals surface area contributed by atoms with Crippen molar-refractivity contribution in [3.05, 3.63) is 58.1 Å². The topological polar surface area (TPSA) is 30.5 Å². The Bertz CT molecular complexity index is 616. The third-order valence-corrected chi connectivity index (χ3v) is 4.33. The van der Waals surface area contributed by atoms with E-state index in [0.717, 1.165) is 40.9 Å². The molecule has 2 rings (SSSR count). The van der Waals surface area contributed by atoms with E-state index in [4.69, 9.17) is 9.47 Å². The first-order chi connectivity index (χ1) is 11.1. The van der Waals surface area contributed by atoms with Crippen LogP contribution in [0, 0.1) is 0 Å². The van der Waals surface area contributed by atoms with E-state index >= 15 is 0 Å². The van der Waals surface area contributed by atoms with Gasteiger partial charge in [0.15, 0.2) is 11.5 Å². The van der Waals surface area contributed by atoms with Gasteiger partial charge in [-0.05, 0) is 37.5 Å². The van der Waals surface area contributed by atoms with E-state index in [1.165, 1.54) is 5.56 Å². The molecule has 0 heterocycles. The van der Waals surface area contributed by atoms with Gasteiger partial charge in [0.05, 0.1) is 14.2 Å². The summed E-state index contributed by atoms with van der Waals surface area (Å²) in [4.78, 5) is 0. The largest absolute Gasteiger partial charge is 0.493 e. The number of hydrogen-bond acceptors (Lipinski definition) is 3. The van der Waals surface area contributed by atoms with Crippen molar-refractivity contribution in [1.29, 1.82) is 0 Å². The number of rotatable bonds is 8. The van der Waals surface area contributed by atoms with Crippen LogP contribution in [0.2, 0.25) is 0 Å². The predicted octanol–water partition coefficient (Wildman–Crippen LogP) is 4.58. The molecule has 0 aromatic heterocycles. The standard InChI is InChI=1S/C19H24BrNO2/c1-14(9-10-15-7-5-4-6-8-15)21-13-16-11-17(20)12-18(22-2)19(16)23-3/h4-8,11-12,14,21H,9-10,13H2,1-3H3. The molecule has 0 fully saturated rings. The van der Waals surface area contributed by atoms with Crippen LogP contribution in [0.5, 0.6) is 11.5 Å². The highest BCUT2D eigenvalue weighted by atomic mass is 79.9. The van der Waals surface area contributed by atoms with Gasteiger partial charge in [0, 0.05) is 22.6 Å². The van der Waals surface area contributed by atoms with Crippen LogP contribution in [-0.2, 0) is 13.0 Å². The molecule has 2 aromatic rings. The van der Waals surface area contributed by atoms with Crippen molar-refractivity contribution < 1.29 is 9.47 Å². The Morgan fingerprint density at radius 1 is 1.09 bits per heavy atom. The third-order valence-electron chi connectivity index (χ3n) is 3.87. The zero-order valence-electron chi connectivity index (χ0n) is 13.9. The molecule has 23 heavy (non-hydrogen) atoms. The van der Waals surface area contributed by atoms with Gasteiger partial charge >= 0.3 is 0 Å². The number of aryl methyl sites for hydroxylation is 1. The van der Waals surface area contributed by atoms with Gasteiger partial charge in [0.2, 0.25) is 0 Å². The zero-order valence-corrected chi connectivity index (χ0v) is 15.5. The summed E-state index contributed by atoms with van der Waals surface area (Å²) in [6.45, 7) is 2.96. The lowest BCUT2D eigenvalue weighted by atomic mass is 10.1. The first-order valence-corrected chi connectivity index (χ1v) is 8.61. The minimum Gasteiger partial charge on any atom is -0.493 e. The van der Waals surface area contributed by atoms with Crippen LogP contribution in [0.25, 0.3) is 0 Å². The van der Waals surface area contributed by atoms with Crippen LogP contribution in [-0.4, -0.2) is 20.3 Å².